The first-order chi connectivity index (χ1) is 6.22. The minimum absolute atomic E-state index is 0.245. The zero-order chi connectivity index (χ0) is 9.68. The predicted octanol–water partition coefficient (Wildman–Crippen LogP) is 2.96. The van der Waals surface area contributed by atoms with E-state index in [0.717, 1.165) is 18.6 Å². The number of ether oxygens (including phenoxy) is 1. The molecule has 0 aliphatic rings. The molecule has 2 nitrogen and oxygen atoms in total. The number of phenolic OH excluding ortho intramolecular Hbond substituents is 1. The maximum atomic E-state index is 9.04. The quantitative estimate of drug-likeness (QED) is 0.771. The molecule has 0 aliphatic carbocycles. The van der Waals surface area contributed by atoms with Crippen LogP contribution in [0.2, 0.25) is 0 Å². The van der Waals surface area contributed by atoms with Crippen molar-refractivity contribution in [2.24, 2.45) is 0 Å². The fourth-order valence-corrected chi connectivity index (χ4v) is 1.22. The van der Waals surface area contributed by atoms with Crippen LogP contribution in [0.5, 0.6) is 11.5 Å². The highest BCUT2D eigenvalue weighted by atomic mass is 16.5. The first kappa shape index (κ1) is 9.90. The molecule has 0 bridgehead atoms. The second kappa shape index (κ2) is 4.75. The molecule has 13 heavy (non-hydrogen) atoms. The van der Waals surface area contributed by atoms with Gasteiger partial charge in [0.15, 0.2) is 0 Å². The summed E-state index contributed by atoms with van der Waals surface area (Å²) in [6.07, 6.45) is 2.43. The Bertz CT molecular complexity index is 241. The molecular formula is C11H16O2. The van der Waals surface area contributed by atoms with Gasteiger partial charge in [-0.3, -0.25) is 0 Å². The molecule has 0 spiro atoms. The minimum Gasteiger partial charge on any atom is -0.508 e. The van der Waals surface area contributed by atoms with Gasteiger partial charge in [0, 0.05) is 0 Å². The van der Waals surface area contributed by atoms with Crippen LogP contribution in [0.4, 0.5) is 0 Å². The number of hydrogen-bond acceptors (Lipinski definition) is 2. The lowest BCUT2D eigenvalue weighted by molar-refractivity contribution is 0.209. The smallest absolute Gasteiger partial charge is 0.119 e. The van der Waals surface area contributed by atoms with Crippen LogP contribution in [0.1, 0.15) is 26.7 Å². The van der Waals surface area contributed by atoms with Crippen LogP contribution in [-0.2, 0) is 0 Å². The third-order valence-corrected chi connectivity index (χ3v) is 1.87. The van der Waals surface area contributed by atoms with Gasteiger partial charge in [-0.05, 0) is 37.6 Å². The molecular weight excluding hydrogens is 164 g/mol. The van der Waals surface area contributed by atoms with Crippen LogP contribution in [0.15, 0.2) is 24.3 Å². The first-order valence-corrected chi connectivity index (χ1v) is 4.68. The Labute approximate surface area is 79.2 Å². The SMILES string of the molecule is CCCC(C)Oc1ccc(O)cc1. The van der Waals surface area contributed by atoms with E-state index in [-0.39, 0.29) is 11.9 Å². The van der Waals surface area contributed by atoms with Crippen LogP contribution in [0.3, 0.4) is 0 Å². The van der Waals surface area contributed by atoms with Crippen LogP contribution in [-0.4, -0.2) is 11.2 Å². The summed E-state index contributed by atoms with van der Waals surface area (Å²) in [7, 11) is 0. The van der Waals surface area contributed by atoms with Crippen molar-refractivity contribution in [2.45, 2.75) is 32.8 Å². The molecule has 1 aromatic carbocycles. The van der Waals surface area contributed by atoms with E-state index in [0.29, 0.717) is 0 Å². The lowest BCUT2D eigenvalue weighted by atomic mass is 10.2. The van der Waals surface area contributed by atoms with E-state index in [9.17, 15) is 0 Å². The van der Waals surface area contributed by atoms with Gasteiger partial charge in [0.2, 0.25) is 0 Å². The number of aromatic hydroxyl groups is 1. The highest BCUT2D eigenvalue weighted by Crippen LogP contribution is 2.18. The molecule has 0 heterocycles. The highest BCUT2D eigenvalue weighted by molar-refractivity contribution is 5.30. The van der Waals surface area contributed by atoms with E-state index in [1.165, 1.54) is 0 Å². The van der Waals surface area contributed by atoms with Crippen molar-refractivity contribution in [3.63, 3.8) is 0 Å². The zero-order valence-electron chi connectivity index (χ0n) is 8.16. The Morgan fingerprint density at radius 2 is 1.92 bits per heavy atom. The van der Waals surface area contributed by atoms with Crippen LogP contribution >= 0.6 is 0 Å². The molecule has 72 valence electrons. The Balaban J connectivity index is 2.49. The van der Waals surface area contributed by atoms with Gasteiger partial charge < -0.3 is 9.84 Å². The van der Waals surface area contributed by atoms with Crippen molar-refractivity contribution in [3.8, 4) is 11.5 Å². The van der Waals surface area contributed by atoms with Crippen molar-refractivity contribution >= 4 is 0 Å². The maximum absolute atomic E-state index is 9.04. The van der Waals surface area contributed by atoms with E-state index < -0.39 is 0 Å². The minimum atomic E-state index is 0.245. The second-order valence-corrected chi connectivity index (χ2v) is 3.21. The summed E-state index contributed by atoms with van der Waals surface area (Å²) in [5, 5.41) is 9.04. The number of rotatable bonds is 4. The van der Waals surface area contributed by atoms with E-state index in [1.54, 1.807) is 24.3 Å². The van der Waals surface area contributed by atoms with Crippen LogP contribution in [0, 0.1) is 0 Å². The molecule has 0 fully saturated rings. The van der Waals surface area contributed by atoms with Crippen molar-refractivity contribution in [1.29, 1.82) is 0 Å². The summed E-state index contributed by atoms with van der Waals surface area (Å²) in [6.45, 7) is 4.19. The van der Waals surface area contributed by atoms with Crippen LogP contribution in [0.25, 0.3) is 0 Å². The lowest BCUT2D eigenvalue weighted by Crippen LogP contribution is -2.10. The van der Waals surface area contributed by atoms with Gasteiger partial charge in [-0.1, -0.05) is 13.3 Å². The average molecular weight is 180 g/mol. The van der Waals surface area contributed by atoms with E-state index in [2.05, 4.69) is 13.8 Å². The summed E-state index contributed by atoms with van der Waals surface area (Å²) in [5.74, 6) is 1.09. The molecule has 0 aliphatic heterocycles. The van der Waals surface area contributed by atoms with Crippen molar-refractivity contribution in [1.82, 2.24) is 0 Å². The number of hydrogen-bond donors (Lipinski definition) is 1. The molecule has 1 N–H and O–H groups in total. The Hall–Kier alpha value is -1.18. The van der Waals surface area contributed by atoms with Gasteiger partial charge in [0.25, 0.3) is 0 Å². The monoisotopic (exact) mass is 180 g/mol. The van der Waals surface area contributed by atoms with E-state index >= 15 is 0 Å². The first-order valence-electron chi connectivity index (χ1n) is 4.68. The molecule has 0 aromatic heterocycles. The van der Waals surface area contributed by atoms with Crippen LogP contribution < -0.4 is 4.74 Å². The summed E-state index contributed by atoms with van der Waals surface area (Å²) in [6, 6.07) is 6.82. The normalized spacial score (nSPS) is 12.5. The van der Waals surface area contributed by atoms with Gasteiger partial charge in [-0.25, -0.2) is 0 Å². The molecule has 0 amide bonds. The highest BCUT2D eigenvalue weighted by Gasteiger charge is 2.01. The van der Waals surface area contributed by atoms with Gasteiger partial charge in [0.1, 0.15) is 11.5 Å². The number of phenols is 1. The van der Waals surface area contributed by atoms with Crippen molar-refractivity contribution in [3.05, 3.63) is 24.3 Å². The molecule has 1 unspecified atom stereocenters. The second-order valence-electron chi connectivity index (χ2n) is 3.21. The molecule has 1 atom stereocenters. The summed E-state index contributed by atoms with van der Waals surface area (Å²) >= 11 is 0. The fourth-order valence-electron chi connectivity index (χ4n) is 1.22. The van der Waals surface area contributed by atoms with Gasteiger partial charge in [-0.15, -0.1) is 0 Å². The average Bonchev–Trinajstić information content (AvgIpc) is 2.09. The molecule has 1 rings (SSSR count). The van der Waals surface area contributed by atoms with E-state index in [1.807, 2.05) is 0 Å². The summed E-state index contributed by atoms with van der Waals surface area (Å²) in [4.78, 5) is 0. The number of benzene rings is 1. The lowest BCUT2D eigenvalue weighted by Gasteiger charge is -2.13. The third-order valence-electron chi connectivity index (χ3n) is 1.87. The molecule has 2 heteroatoms. The maximum Gasteiger partial charge on any atom is 0.119 e. The molecule has 0 radical (unpaired) electrons. The van der Waals surface area contributed by atoms with E-state index in [4.69, 9.17) is 9.84 Å². The Kier molecular flexibility index (Phi) is 3.62. The summed E-state index contributed by atoms with van der Waals surface area (Å²) in [5.41, 5.74) is 0. The third kappa shape index (κ3) is 3.36. The molecule has 1 aromatic rings. The predicted molar refractivity (Wildman–Crippen MR) is 53.1 cm³/mol. The van der Waals surface area contributed by atoms with Crippen molar-refractivity contribution in [2.75, 3.05) is 0 Å². The molecule has 0 saturated heterocycles. The molecule has 0 saturated carbocycles. The van der Waals surface area contributed by atoms with Gasteiger partial charge >= 0.3 is 0 Å². The summed E-state index contributed by atoms with van der Waals surface area (Å²) < 4.78 is 5.60. The van der Waals surface area contributed by atoms with Gasteiger partial charge in [-0.2, -0.15) is 0 Å². The Morgan fingerprint density at radius 1 is 1.31 bits per heavy atom. The standard InChI is InChI=1S/C11H16O2/c1-3-4-9(2)13-11-7-5-10(12)6-8-11/h5-9,12H,3-4H2,1-2H3. The topological polar surface area (TPSA) is 29.5 Å². The van der Waals surface area contributed by atoms with Gasteiger partial charge in [0.05, 0.1) is 6.10 Å². The Morgan fingerprint density at radius 3 is 2.46 bits per heavy atom. The fraction of sp³-hybridized carbons (Fsp3) is 0.455. The zero-order valence-corrected chi connectivity index (χ0v) is 8.16. The largest absolute Gasteiger partial charge is 0.508 e. The van der Waals surface area contributed by atoms with Crippen molar-refractivity contribution < 1.29 is 9.84 Å².